The monoisotopic (exact) mass is 496 g/mol. The molecule has 0 saturated carbocycles. The summed E-state index contributed by atoms with van der Waals surface area (Å²) >= 11 is 3.33. The van der Waals surface area contributed by atoms with E-state index in [0.717, 1.165) is 10.0 Å². The van der Waals surface area contributed by atoms with Gasteiger partial charge in [0.2, 0.25) is 0 Å². The molecule has 0 radical (unpaired) electrons. The van der Waals surface area contributed by atoms with E-state index in [0.29, 0.717) is 29.4 Å². The lowest BCUT2D eigenvalue weighted by Crippen LogP contribution is -2.24. The van der Waals surface area contributed by atoms with Crippen molar-refractivity contribution >= 4 is 34.0 Å². The quantitative estimate of drug-likeness (QED) is 0.202. The van der Waals surface area contributed by atoms with Gasteiger partial charge in [-0.2, -0.15) is 5.10 Å². The van der Waals surface area contributed by atoms with Crippen LogP contribution in [-0.2, 0) is 4.79 Å². The average Bonchev–Trinajstić information content (AvgIpc) is 2.80. The number of hydrogen-bond donors (Lipinski definition) is 1. The molecule has 0 spiro atoms. The molecule has 3 rings (SSSR count). The molecular formula is C24H21BrN2O5. The molecule has 3 aromatic rings. The van der Waals surface area contributed by atoms with Crippen LogP contribution in [0, 0.1) is 0 Å². The summed E-state index contributed by atoms with van der Waals surface area (Å²) in [4.78, 5) is 24.1. The molecule has 0 unspecified atom stereocenters. The Labute approximate surface area is 194 Å². The Morgan fingerprint density at radius 2 is 1.47 bits per heavy atom. The highest BCUT2D eigenvalue weighted by atomic mass is 79.9. The maximum Gasteiger partial charge on any atom is 0.343 e. The predicted octanol–water partition coefficient (Wildman–Crippen LogP) is 4.60. The van der Waals surface area contributed by atoms with E-state index in [1.54, 1.807) is 60.7 Å². The Kier molecular flexibility index (Phi) is 8.39. The van der Waals surface area contributed by atoms with Crippen LogP contribution in [0.5, 0.6) is 17.2 Å². The second-order valence-corrected chi connectivity index (χ2v) is 7.37. The zero-order chi connectivity index (χ0) is 22.8. The second kappa shape index (κ2) is 11.7. The predicted molar refractivity (Wildman–Crippen MR) is 124 cm³/mol. The zero-order valence-electron chi connectivity index (χ0n) is 17.3. The molecule has 0 heterocycles. The summed E-state index contributed by atoms with van der Waals surface area (Å²) in [5, 5.41) is 3.90. The minimum absolute atomic E-state index is 0.153. The van der Waals surface area contributed by atoms with E-state index >= 15 is 0 Å². The smallest absolute Gasteiger partial charge is 0.343 e. The fourth-order valence-electron chi connectivity index (χ4n) is 2.53. The fraction of sp³-hybridized carbons (Fsp3) is 0.125. The van der Waals surface area contributed by atoms with Gasteiger partial charge in [0, 0.05) is 4.47 Å². The third-order valence-electron chi connectivity index (χ3n) is 4.08. The first kappa shape index (κ1) is 23.0. The van der Waals surface area contributed by atoms with Gasteiger partial charge in [0.05, 0.1) is 18.4 Å². The average molecular weight is 497 g/mol. The van der Waals surface area contributed by atoms with Gasteiger partial charge in [-0.1, -0.05) is 15.9 Å². The molecule has 0 bridgehead atoms. The first-order chi connectivity index (χ1) is 15.5. The van der Waals surface area contributed by atoms with Crippen molar-refractivity contribution in [2.75, 3.05) is 13.2 Å². The normalized spacial score (nSPS) is 10.6. The van der Waals surface area contributed by atoms with Crippen molar-refractivity contribution in [2.24, 2.45) is 5.10 Å². The van der Waals surface area contributed by atoms with E-state index in [2.05, 4.69) is 26.5 Å². The molecule has 32 heavy (non-hydrogen) atoms. The highest BCUT2D eigenvalue weighted by Crippen LogP contribution is 2.17. The van der Waals surface area contributed by atoms with Crippen LogP contribution >= 0.6 is 15.9 Å². The Hall–Kier alpha value is -3.65. The number of hydrazone groups is 1. The Morgan fingerprint density at radius 1 is 0.875 bits per heavy atom. The van der Waals surface area contributed by atoms with E-state index in [1.165, 1.54) is 6.21 Å². The molecule has 1 amide bonds. The highest BCUT2D eigenvalue weighted by Gasteiger charge is 2.09. The summed E-state index contributed by atoms with van der Waals surface area (Å²) in [6.45, 7) is 2.30. The van der Waals surface area contributed by atoms with E-state index in [4.69, 9.17) is 14.2 Å². The van der Waals surface area contributed by atoms with E-state index in [1.807, 2.05) is 19.1 Å². The largest absolute Gasteiger partial charge is 0.494 e. The lowest BCUT2D eigenvalue weighted by atomic mass is 10.2. The number of rotatable bonds is 9. The van der Waals surface area contributed by atoms with Gasteiger partial charge >= 0.3 is 5.97 Å². The van der Waals surface area contributed by atoms with Crippen LogP contribution in [0.2, 0.25) is 0 Å². The Morgan fingerprint density at radius 3 is 2.12 bits per heavy atom. The maximum absolute atomic E-state index is 12.2. The van der Waals surface area contributed by atoms with E-state index in [9.17, 15) is 9.59 Å². The van der Waals surface area contributed by atoms with Crippen LogP contribution in [0.1, 0.15) is 22.8 Å². The van der Waals surface area contributed by atoms with E-state index < -0.39 is 5.97 Å². The molecule has 0 fully saturated rings. The number of esters is 1. The topological polar surface area (TPSA) is 86.2 Å². The highest BCUT2D eigenvalue weighted by molar-refractivity contribution is 9.10. The van der Waals surface area contributed by atoms with Crippen molar-refractivity contribution in [3.05, 3.63) is 88.4 Å². The number of hydrogen-bond acceptors (Lipinski definition) is 6. The molecule has 0 aromatic heterocycles. The second-order valence-electron chi connectivity index (χ2n) is 6.45. The minimum Gasteiger partial charge on any atom is -0.494 e. The summed E-state index contributed by atoms with van der Waals surface area (Å²) < 4.78 is 17.0. The maximum atomic E-state index is 12.2. The van der Waals surface area contributed by atoms with Gasteiger partial charge in [-0.3, -0.25) is 4.79 Å². The van der Waals surface area contributed by atoms with Gasteiger partial charge in [0.1, 0.15) is 17.2 Å². The summed E-state index contributed by atoms with van der Waals surface area (Å²) in [5.74, 6) is 0.827. The molecule has 0 aliphatic rings. The van der Waals surface area contributed by atoms with Gasteiger partial charge in [0.15, 0.2) is 6.61 Å². The summed E-state index contributed by atoms with van der Waals surface area (Å²) in [5.41, 5.74) is 3.54. The van der Waals surface area contributed by atoms with Crippen molar-refractivity contribution in [3.63, 3.8) is 0 Å². The molecule has 3 aromatic carbocycles. The first-order valence-electron chi connectivity index (χ1n) is 9.79. The van der Waals surface area contributed by atoms with Crippen molar-refractivity contribution in [2.45, 2.75) is 6.92 Å². The van der Waals surface area contributed by atoms with Crippen LogP contribution in [0.4, 0.5) is 0 Å². The minimum atomic E-state index is -0.465. The lowest BCUT2D eigenvalue weighted by Gasteiger charge is -2.06. The number of halogens is 1. The lowest BCUT2D eigenvalue weighted by molar-refractivity contribution is -0.123. The third kappa shape index (κ3) is 7.24. The van der Waals surface area contributed by atoms with Crippen molar-refractivity contribution < 1.29 is 23.8 Å². The standard InChI is InChI=1S/C24H21BrN2O5/c1-2-30-20-11-5-18(6-12-20)24(29)32-22-9-3-17(4-10-22)15-26-27-23(28)16-31-21-13-7-19(25)8-14-21/h3-15H,2,16H2,1H3,(H,27,28). The number of benzene rings is 3. The Balaban J connectivity index is 1.45. The fourth-order valence-corrected chi connectivity index (χ4v) is 2.80. The number of amides is 1. The molecule has 8 heteroatoms. The third-order valence-corrected chi connectivity index (χ3v) is 4.61. The molecule has 0 saturated heterocycles. The first-order valence-corrected chi connectivity index (χ1v) is 10.6. The van der Waals surface area contributed by atoms with Crippen LogP contribution in [0.25, 0.3) is 0 Å². The molecule has 1 N–H and O–H groups in total. The molecule has 0 aliphatic heterocycles. The SMILES string of the molecule is CCOc1ccc(C(=O)Oc2ccc(C=NNC(=O)COc3ccc(Br)cc3)cc2)cc1. The Bertz CT molecular complexity index is 1070. The van der Waals surface area contributed by atoms with Crippen LogP contribution in [0.3, 0.4) is 0 Å². The van der Waals surface area contributed by atoms with E-state index in [-0.39, 0.29) is 12.5 Å². The van der Waals surface area contributed by atoms with Crippen molar-refractivity contribution in [1.29, 1.82) is 0 Å². The number of carbonyl (C=O) groups is 2. The van der Waals surface area contributed by atoms with Crippen LogP contribution < -0.4 is 19.6 Å². The van der Waals surface area contributed by atoms with Gasteiger partial charge in [-0.25, -0.2) is 10.2 Å². The zero-order valence-corrected chi connectivity index (χ0v) is 18.9. The van der Waals surface area contributed by atoms with Gasteiger partial charge in [-0.15, -0.1) is 0 Å². The molecule has 7 nitrogen and oxygen atoms in total. The van der Waals surface area contributed by atoms with Crippen LogP contribution in [0.15, 0.2) is 82.4 Å². The number of ether oxygens (including phenoxy) is 3. The van der Waals surface area contributed by atoms with Crippen molar-refractivity contribution in [3.8, 4) is 17.2 Å². The number of nitrogens with one attached hydrogen (secondary N) is 1. The molecular weight excluding hydrogens is 476 g/mol. The van der Waals surface area contributed by atoms with Gasteiger partial charge in [0.25, 0.3) is 5.91 Å². The van der Waals surface area contributed by atoms with Crippen LogP contribution in [-0.4, -0.2) is 31.3 Å². The summed E-state index contributed by atoms with van der Waals surface area (Å²) in [6.07, 6.45) is 1.48. The number of nitrogens with zero attached hydrogens (tertiary/aromatic N) is 1. The van der Waals surface area contributed by atoms with Gasteiger partial charge in [-0.05, 0) is 85.3 Å². The van der Waals surface area contributed by atoms with Crippen molar-refractivity contribution in [1.82, 2.24) is 5.43 Å². The number of carbonyl (C=O) groups excluding carboxylic acids is 2. The summed E-state index contributed by atoms with van der Waals surface area (Å²) in [6, 6.07) is 20.6. The van der Waals surface area contributed by atoms with Gasteiger partial charge < -0.3 is 14.2 Å². The molecule has 0 atom stereocenters. The molecule has 0 aliphatic carbocycles. The molecule has 164 valence electrons. The summed E-state index contributed by atoms with van der Waals surface area (Å²) in [7, 11) is 0.